The third-order valence-electron chi connectivity index (χ3n) is 5.73. The third kappa shape index (κ3) is 5.04. The minimum absolute atomic E-state index is 0.168. The summed E-state index contributed by atoms with van der Waals surface area (Å²) >= 11 is 0. The third-order valence-corrected chi connectivity index (χ3v) is 5.73. The molecule has 0 unspecified atom stereocenters. The lowest BCUT2D eigenvalue weighted by Crippen LogP contribution is -2.10. The van der Waals surface area contributed by atoms with Crippen molar-refractivity contribution in [2.45, 2.75) is 27.3 Å². The maximum atomic E-state index is 12.5. The first kappa shape index (κ1) is 22.9. The van der Waals surface area contributed by atoms with E-state index < -0.39 is 0 Å². The maximum absolute atomic E-state index is 12.5. The molecule has 0 saturated heterocycles. The lowest BCUT2D eigenvalue weighted by molar-refractivity contribution is -0.111. The van der Waals surface area contributed by atoms with Crippen LogP contribution >= 0.6 is 0 Å². The van der Waals surface area contributed by atoms with Gasteiger partial charge in [0, 0.05) is 48.0 Å². The fourth-order valence-electron chi connectivity index (χ4n) is 3.73. The summed E-state index contributed by atoms with van der Waals surface area (Å²) in [6.07, 6.45) is 6.60. The van der Waals surface area contributed by atoms with Crippen molar-refractivity contribution in [3.8, 4) is 0 Å². The summed E-state index contributed by atoms with van der Waals surface area (Å²) in [5.41, 5.74) is 6.31. The zero-order valence-electron chi connectivity index (χ0n) is 19.7. The number of carbonyl (C=O) groups excluding carboxylic acids is 2. The van der Waals surface area contributed by atoms with Gasteiger partial charge in [0.15, 0.2) is 5.82 Å². The molecule has 0 spiro atoms. The van der Waals surface area contributed by atoms with Crippen LogP contribution in [0.1, 0.15) is 44.3 Å². The molecule has 7 nitrogen and oxygen atoms in total. The fraction of sp³-hybridized carbons (Fsp3) is 0.185. The Kier molecular flexibility index (Phi) is 6.54. The van der Waals surface area contributed by atoms with E-state index in [0.717, 1.165) is 17.0 Å². The van der Waals surface area contributed by atoms with Crippen molar-refractivity contribution in [2.24, 2.45) is 7.05 Å². The molecular weight excluding hydrogens is 426 g/mol. The van der Waals surface area contributed by atoms with Gasteiger partial charge in [0.2, 0.25) is 11.7 Å². The summed E-state index contributed by atoms with van der Waals surface area (Å²) < 4.78 is 3.63. The van der Waals surface area contributed by atoms with Crippen LogP contribution in [0.25, 0.3) is 6.08 Å². The van der Waals surface area contributed by atoms with Crippen LogP contribution in [0.15, 0.2) is 67.0 Å². The van der Waals surface area contributed by atoms with Crippen molar-refractivity contribution in [1.29, 1.82) is 0 Å². The predicted octanol–water partition coefficient (Wildman–Crippen LogP) is 4.47. The average Bonchev–Trinajstić information content (AvgIpc) is 3.36. The smallest absolute Gasteiger partial charge is 0.248 e. The number of nitrogens with one attached hydrogen (secondary N) is 1. The Hall–Kier alpha value is -4.26. The molecule has 2 aromatic heterocycles. The maximum Gasteiger partial charge on any atom is 0.248 e. The summed E-state index contributed by atoms with van der Waals surface area (Å²) in [5, 5.41) is 7.47. The molecule has 0 saturated carbocycles. The molecule has 34 heavy (non-hydrogen) atoms. The number of aromatic nitrogens is 4. The Morgan fingerprint density at radius 1 is 1.00 bits per heavy atom. The molecule has 0 aliphatic heterocycles. The molecule has 0 aliphatic carbocycles. The van der Waals surface area contributed by atoms with Crippen molar-refractivity contribution in [1.82, 2.24) is 19.3 Å². The zero-order chi connectivity index (χ0) is 24.2. The van der Waals surface area contributed by atoms with Crippen molar-refractivity contribution in [3.05, 3.63) is 106 Å². The first-order valence-electron chi connectivity index (χ1n) is 11.0. The number of hydrogen-bond acceptors (Lipinski definition) is 4. The van der Waals surface area contributed by atoms with E-state index in [1.807, 2.05) is 18.5 Å². The number of anilines is 1. The lowest BCUT2D eigenvalue weighted by Gasteiger charge is -2.06. The minimum atomic E-state index is -0.256. The number of rotatable bonds is 7. The van der Waals surface area contributed by atoms with Crippen LogP contribution < -0.4 is 5.32 Å². The molecule has 1 N–H and O–H groups in total. The molecule has 0 radical (unpaired) electrons. The van der Waals surface area contributed by atoms with Crippen LogP contribution in [0.3, 0.4) is 0 Å². The highest BCUT2D eigenvalue weighted by Gasteiger charge is 2.14. The monoisotopic (exact) mass is 453 g/mol. The van der Waals surface area contributed by atoms with Gasteiger partial charge in [-0.2, -0.15) is 5.10 Å². The van der Waals surface area contributed by atoms with Crippen LogP contribution in [-0.2, 0) is 18.4 Å². The van der Waals surface area contributed by atoms with E-state index >= 15 is 0 Å². The Bertz CT molecular complexity index is 1360. The number of aryl methyl sites for hydroxylation is 3. The Morgan fingerprint density at radius 3 is 2.35 bits per heavy atom. The van der Waals surface area contributed by atoms with Crippen LogP contribution in [0.2, 0.25) is 0 Å². The van der Waals surface area contributed by atoms with E-state index in [1.165, 1.54) is 17.2 Å². The van der Waals surface area contributed by atoms with Crippen molar-refractivity contribution >= 4 is 23.5 Å². The topological polar surface area (TPSA) is 81.8 Å². The molecule has 2 aromatic carbocycles. The van der Waals surface area contributed by atoms with Gasteiger partial charge in [0.25, 0.3) is 0 Å². The number of ketones is 1. The van der Waals surface area contributed by atoms with Gasteiger partial charge in [-0.1, -0.05) is 29.8 Å². The first-order valence-corrected chi connectivity index (χ1v) is 11.0. The summed E-state index contributed by atoms with van der Waals surface area (Å²) in [5.74, 6) is -0.0551. The Morgan fingerprint density at radius 2 is 1.71 bits per heavy atom. The van der Waals surface area contributed by atoms with Crippen molar-refractivity contribution in [3.63, 3.8) is 0 Å². The average molecular weight is 454 g/mol. The lowest BCUT2D eigenvalue weighted by atomic mass is 10.1. The SMILES string of the molecule is Cc1ccc(Cn2nc(C)c(/C=C/C(=O)Nc3ccc(C(=O)c4nccn4C)cc3)c2C)cc1. The highest BCUT2D eigenvalue weighted by Crippen LogP contribution is 2.18. The molecule has 4 aromatic rings. The van der Waals surface area contributed by atoms with Crippen LogP contribution in [0, 0.1) is 20.8 Å². The van der Waals surface area contributed by atoms with Gasteiger partial charge in [-0.05, 0) is 56.7 Å². The summed E-state index contributed by atoms with van der Waals surface area (Å²) in [6, 6.07) is 15.2. The fourth-order valence-corrected chi connectivity index (χ4v) is 3.73. The standard InChI is InChI=1S/C27H27N5O2/c1-18-5-7-21(8-6-18)17-32-20(3)24(19(2)30-32)13-14-25(33)29-23-11-9-22(10-12-23)26(34)27-28-15-16-31(27)4/h5-16H,17H2,1-4H3,(H,29,33)/b14-13+. The van der Waals surface area contributed by atoms with Crippen molar-refractivity contribution < 1.29 is 9.59 Å². The van der Waals surface area contributed by atoms with Crippen LogP contribution in [-0.4, -0.2) is 31.0 Å². The molecular formula is C27H27N5O2. The van der Waals surface area contributed by atoms with Gasteiger partial charge in [-0.25, -0.2) is 4.98 Å². The number of hydrogen-bond donors (Lipinski definition) is 1. The van der Waals surface area contributed by atoms with Gasteiger partial charge in [-0.3, -0.25) is 14.3 Å². The number of amides is 1. The Labute approximate surface area is 198 Å². The van der Waals surface area contributed by atoms with E-state index in [1.54, 1.807) is 54.3 Å². The summed E-state index contributed by atoms with van der Waals surface area (Å²) in [7, 11) is 1.77. The largest absolute Gasteiger partial charge is 0.331 e. The second-order valence-electron chi connectivity index (χ2n) is 8.32. The van der Waals surface area contributed by atoms with Gasteiger partial charge in [0.1, 0.15) is 0 Å². The molecule has 4 rings (SSSR count). The predicted molar refractivity (Wildman–Crippen MR) is 133 cm³/mol. The van der Waals surface area contributed by atoms with E-state index in [0.29, 0.717) is 23.6 Å². The summed E-state index contributed by atoms with van der Waals surface area (Å²) in [6.45, 7) is 6.68. The molecule has 172 valence electrons. The van der Waals surface area contributed by atoms with Gasteiger partial charge >= 0.3 is 0 Å². The normalized spacial score (nSPS) is 11.2. The van der Waals surface area contributed by atoms with E-state index in [9.17, 15) is 9.59 Å². The molecule has 1 amide bonds. The van der Waals surface area contributed by atoms with Crippen LogP contribution in [0.4, 0.5) is 5.69 Å². The highest BCUT2D eigenvalue weighted by atomic mass is 16.1. The second kappa shape index (κ2) is 9.70. The molecule has 0 aliphatic rings. The highest BCUT2D eigenvalue weighted by molar-refractivity contribution is 6.07. The molecule has 0 fully saturated rings. The van der Waals surface area contributed by atoms with E-state index in [4.69, 9.17) is 0 Å². The van der Waals surface area contributed by atoms with Gasteiger partial charge < -0.3 is 9.88 Å². The Balaban J connectivity index is 1.41. The first-order chi connectivity index (χ1) is 16.3. The number of nitrogens with zero attached hydrogens (tertiary/aromatic N) is 4. The van der Waals surface area contributed by atoms with E-state index in [-0.39, 0.29) is 11.7 Å². The number of carbonyl (C=O) groups is 2. The summed E-state index contributed by atoms with van der Waals surface area (Å²) in [4.78, 5) is 29.1. The van der Waals surface area contributed by atoms with Gasteiger partial charge in [-0.15, -0.1) is 0 Å². The number of imidazole rings is 1. The quantitative estimate of drug-likeness (QED) is 0.331. The molecule has 2 heterocycles. The molecule has 0 atom stereocenters. The van der Waals surface area contributed by atoms with Crippen LogP contribution in [0.5, 0.6) is 0 Å². The molecule has 0 bridgehead atoms. The zero-order valence-corrected chi connectivity index (χ0v) is 19.7. The second-order valence-corrected chi connectivity index (χ2v) is 8.32. The number of benzene rings is 2. The molecule has 7 heteroatoms. The van der Waals surface area contributed by atoms with Gasteiger partial charge in [0.05, 0.1) is 12.2 Å². The minimum Gasteiger partial charge on any atom is -0.331 e. The van der Waals surface area contributed by atoms with E-state index in [2.05, 4.69) is 46.6 Å². The van der Waals surface area contributed by atoms with Crippen molar-refractivity contribution in [2.75, 3.05) is 5.32 Å².